The molecule has 0 saturated carbocycles. The number of methoxy groups -OCH3 is 1. The van der Waals surface area contributed by atoms with E-state index in [0.717, 1.165) is 44.4 Å². The molecule has 0 amide bonds. The van der Waals surface area contributed by atoms with Crippen LogP contribution in [0.25, 0.3) is 0 Å². The van der Waals surface area contributed by atoms with Gasteiger partial charge in [-0.3, -0.25) is 0 Å². The highest BCUT2D eigenvalue weighted by molar-refractivity contribution is 5.39. The zero-order valence-electron chi connectivity index (χ0n) is 13.6. The molecular weight excluding hydrogens is 266 g/mol. The molecule has 2 heterocycles. The van der Waals surface area contributed by atoms with Crippen molar-refractivity contribution in [1.82, 2.24) is 10.3 Å². The molecule has 0 aliphatic carbocycles. The van der Waals surface area contributed by atoms with Gasteiger partial charge in [-0.2, -0.15) is 0 Å². The van der Waals surface area contributed by atoms with Crippen LogP contribution in [0.2, 0.25) is 0 Å². The number of ether oxygens (including phenoxy) is 2. The molecule has 1 atom stereocenters. The quantitative estimate of drug-likeness (QED) is 0.867. The normalized spacial score (nSPS) is 17.8. The fourth-order valence-corrected chi connectivity index (χ4v) is 2.21. The van der Waals surface area contributed by atoms with E-state index >= 15 is 0 Å². The van der Waals surface area contributed by atoms with Crippen LogP contribution in [0.4, 0.5) is 5.82 Å². The fourth-order valence-electron chi connectivity index (χ4n) is 2.21. The first-order valence-electron chi connectivity index (χ1n) is 7.60. The van der Waals surface area contributed by atoms with Crippen molar-refractivity contribution in [3.8, 4) is 0 Å². The van der Waals surface area contributed by atoms with E-state index in [1.807, 2.05) is 0 Å². The highest BCUT2D eigenvalue weighted by Gasteiger charge is 2.24. The average Bonchev–Trinajstić information content (AvgIpc) is 2.53. The first-order valence-corrected chi connectivity index (χ1v) is 7.60. The van der Waals surface area contributed by atoms with Crippen molar-refractivity contribution in [3.05, 3.63) is 23.9 Å². The molecule has 5 nitrogen and oxygen atoms in total. The van der Waals surface area contributed by atoms with Gasteiger partial charge in [0.2, 0.25) is 0 Å². The first-order chi connectivity index (χ1) is 10.0. The Morgan fingerprint density at radius 1 is 1.38 bits per heavy atom. The van der Waals surface area contributed by atoms with Crippen molar-refractivity contribution < 1.29 is 9.47 Å². The van der Waals surface area contributed by atoms with E-state index in [1.54, 1.807) is 7.11 Å². The Morgan fingerprint density at radius 3 is 2.76 bits per heavy atom. The van der Waals surface area contributed by atoms with Gasteiger partial charge in [-0.25, -0.2) is 4.98 Å². The summed E-state index contributed by atoms with van der Waals surface area (Å²) in [5.74, 6) is 1.04. The van der Waals surface area contributed by atoms with Crippen molar-refractivity contribution in [3.63, 3.8) is 0 Å². The van der Waals surface area contributed by atoms with E-state index < -0.39 is 0 Å². The van der Waals surface area contributed by atoms with E-state index in [0.29, 0.717) is 0 Å². The molecule has 1 aliphatic rings. The molecule has 1 N–H and O–H groups in total. The third kappa shape index (κ3) is 4.40. The summed E-state index contributed by atoms with van der Waals surface area (Å²) in [5, 5.41) is 3.49. The lowest BCUT2D eigenvalue weighted by atomic mass is 10.0. The van der Waals surface area contributed by atoms with Crippen molar-refractivity contribution in [2.45, 2.75) is 39.0 Å². The number of pyridine rings is 1. The molecule has 1 aromatic rings. The molecule has 1 aliphatic heterocycles. The monoisotopic (exact) mass is 293 g/mol. The summed E-state index contributed by atoms with van der Waals surface area (Å²) in [7, 11) is 1.75. The van der Waals surface area contributed by atoms with Crippen LogP contribution in [0.15, 0.2) is 18.2 Å². The summed E-state index contributed by atoms with van der Waals surface area (Å²) in [6, 6.07) is 6.44. The lowest BCUT2D eigenvalue weighted by Crippen LogP contribution is -2.45. The molecule has 1 saturated heterocycles. The van der Waals surface area contributed by atoms with Gasteiger partial charge < -0.3 is 19.7 Å². The minimum atomic E-state index is -0.193. The standard InChI is InChI=1S/C16H27N3O2/c1-13(16(2,3)20-4)17-12-14-6-5-7-15(18-14)19-8-10-21-11-9-19/h5-7,13,17H,8-12H2,1-4H3. The van der Waals surface area contributed by atoms with Crippen LogP contribution in [0.3, 0.4) is 0 Å². The smallest absolute Gasteiger partial charge is 0.129 e. The zero-order valence-corrected chi connectivity index (χ0v) is 13.6. The molecule has 0 radical (unpaired) electrons. The van der Waals surface area contributed by atoms with Gasteiger partial charge in [0.25, 0.3) is 0 Å². The van der Waals surface area contributed by atoms with Crippen LogP contribution in [0.1, 0.15) is 26.5 Å². The topological polar surface area (TPSA) is 46.6 Å². The number of hydrogen-bond acceptors (Lipinski definition) is 5. The van der Waals surface area contributed by atoms with Gasteiger partial charge in [0.05, 0.1) is 24.5 Å². The molecule has 0 bridgehead atoms. The van der Waals surface area contributed by atoms with Crippen molar-refractivity contribution in [1.29, 1.82) is 0 Å². The number of hydrogen-bond donors (Lipinski definition) is 1. The first kappa shape index (κ1) is 16.2. The maximum atomic E-state index is 5.50. The minimum Gasteiger partial charge on any atom is -0.378 e. The van der Waals surface area contributed by atoms with Gasteiger partial charge in [-0.15, -0.1) is 0 Å². The Bertz CT molecular complexity index is 445. The van der Waals surface area contributed by atoms with Gasteiger partial charge in [0.1, 0.15) is 5.82 Å². The SMILES string of the molecule is COC(C)(C)C(C)NCc1cccc(N2CCOCC2)n1. The van der Waals surface area contributed by atoms with Crippen LogP contribution in [-0.2, 0) is 16.0 Å². The number of morpholine rings is 1. The summed E-state index contributed by atoms with van der Waals surface area (Å²) in [5.41, 5.74) is 0.861. The molecule has 0 aromatic carbocycles. The van der Waals surface area contributed by atoms with Gasteiger partial charge >= 0.3 is 0 Å². The molecule has 1 unspecified atom stereocenters. The lowest BCUT2D eigenvalue weighted by Gasteiger charge is -2.31. The Labute approximate surface area is 127 Å². The molecule has 118 valence electrons. The molecule has 1 aromatic heterocycles. The van der Waals surface area contributed by atoms with E-state index in [4.69, 9.17) is 14.5 Å². The van der Waals surface area contributed by atoms with Gasteiger partial charge in [0.15, 0.2) is 0 Å². The number of anilines is 1. The van der Waals surface area contributed by atoms with Crippen LogP contribution in [0, 0.1) is 0 Å². The number of rotatable bonds is 6. The number of aromatic nitrogens is 1. The van der Waals surface area contributed by atoms with Gasteiger partial charge in [0, 0.05) is 32.8 Å². The van der Waals surface area contributed by atoms with Crippen LogP contribution in [-0.4, -0.2) is 50.0 Å². The average molecular weight is 293 g/mol. The zero-order chi connectivity index (χ0) is 15.3. The van der Waals surface area contributed by atoms with Gasteiger partial charge in [-0.1, -0.05) is 6.07 Å². The summed E-state index contributed by atoms with van der Waals surface area (Å²) in [6.45, 7) is 10.4. The maximum Gasteiger partial charge on any atom is 0.129 e. The molecule has 2 rings (SSSR count). The third-order valence-corrected chi connectivity index (χ3v) is 4.29. The molecule has 21 heavy (non-hydrogen) atoms. The Kier molecular flexibility index (Phi) is 5.56. The van der Waals surface area contributed by atoms with Crippen molar-refractivity contribution in [2.75, 3.05) is 38.3 Å². The fraction of sp³-hybridized carbons (Fsp3) is 0.688. The Hall–Kier alpha value is -1.17. The number of nitrogens with one attached hydrogen (secondary N) is 1. The largest absolute Gasteiger partial charge is 0.378 e. The number of nitrogens with zero attached hydrogens (tertiary/aromatic N) is 2. The second kappa shape index (κ2) is 7.20. The predicted molar refractivity (Wildman–Crippen MR) is 84.7 cm³/mol. The molecule has 1 fully saturated rings. The molecule has 5 heteroatoms. The third-order valence-electron chi connectivity index (χ3n) is 4.29. The summed E-state index contributed by atoms with van der Waals surface area (Å²) in [4.78, 5) is 7.02. The predicted octanol–water partition coefficient (Wildman–Crippen LogP) is 1.82. The Morgan fingerprint density at radius 2 is 2.10 bits per heavy atom. The highest BCUT2D eigenvalue weighted by Crippen LogP contribution is 2.15. The minimum absolute atomic E-state index is 0.193. The molecular formula is C16H27N3O2. The van der Waals surface area contributed by atoms with E-state index in [-0.39, 0.29) is 11.6 Å². The van der Waals surface area contributed by atoms with Crippen LogP contribution in [0.5, 0.6) is 0 Å². The summed E-state index contributed by atoms with van der Waals surface area (Å²) < 4.78 is 10.9. The highest BCUT2D eigenvalue weighted by atomic mass is 16.5. The van der Waals surface area contributed by atoms with Crippen LogP contribution >= 0.6 is 0 Å². The molecule has 0 spiro atoms. The summed E-state index contributed by atoms with van der Waals surface area (Å²) in [6.07, 6.45) is 0. The van der Waals surface area contributed by atoms with E-state index in [9.17, 15) is 0 Å². The maximum absolute atomic E-state index is 5.50. The lowest BCUT2D eigenvalue weighted by molar-refractivity contribution is -0.00551. The van der Waals surface area contributed by atoms with Gasteiger partial charge in [-0.05, 0) is 32.9 Å². The second-order valence-electron chi connectivity index (χ2n) is 6.00. The van der Waals surface area contributed by atoms with Crippen LogP contribution < -0.4 is 10.2 Å². The van der Waals surface area contributed by atoms with E-state index in [2.05, 4.69) is 49.2 Å². The second-order valence-corrected chi connectivity index (χ2v) is 6.00. The van der Waals surface area contributed by atoms with E-state index in [1.165, 1.54) is 0 Å². The summed E-state index contributed by atoms with van der Waals surface area (Å²) >= 11 is 0. The van der Waals surface area contributed by atoms with Crippen molar-refractivity contribution in [2.24, 2.45) is 0 Å². The Balaban J connectivity index is 1.95. The van der Waals surface area contributed by atoms with Crippen molar-refractivity contribution >= 4 is 5.82 Å².